The van der Waals surface area contributed by atoms with Crippen molar-refractivity contribution in [2.24, 2.45) is 0 Å². The van der Waals surface area contributed by atoms with Crippen LogP contribution in [0.25, 0.3) is 22.3 Å². The summed E-state index contributed by atoms with van der Waals surface area (Å²) >= 11 is 0. The van der Waals surface area contributed by atoms with Crippen LogP contribution in [-0.4, -0.2) is 0 Å². The summed E-state index contributed by atoms with van der Waals surface area (Å²) in [6.07, 6.45) is 0. The van der Waals surface area contributed by atoms with Gasteiger partial charge in [-0.1, -0.05) is 109 Å². The highest BCUT2D eigenvalue weighted by Gasteiger charge is 2.18. The summed E-state index contributed by atoms with van der Waals surface area (Å²) in [6.45, 7) is 0. The third-order valence-electron chi connectivity index (χ3n) is 8.38. The molecule has 256 valence electrons. The lowest BCUT2D eigenvalue weighted by Gasteiger charge is -2.18. The number of ether oxygens (including phenoxy) is 5. The van der Waals surface area contributed by atoms with Crippen molar-refractivity contribution in [1.82, 2.24) is 0 Å². The molecule has 0 saturated carbocycles. The van der Waals surface area contributed by atoms with E-state index in [1.807, 2.05) is 206 Å². The summed E-state index contributed by atoms with van der Waals surface area (Å²) in [5, 5.41) is 0. The van der Waals surface area contributed by atoms with E-state index in [0.29, 0.717) is 34.5 Å². The molecule has 0 aliphatic carbocycles. The molecule has 8 aromatic carbocycles. The minimum absolute atomic E-state index is 0.617. The molecule has 0 heterocycles. The summed E-state index contributed by atoms with van der Waals surface area (Å²) < 4.78 is 32.3. The maximum Gasteiger partial charge on any atom is 0.135 e. The van der Waals surface area contributed by atoms with Crippen LogP contribution in [0, 0.1) is 0 Å². The molecule has 53 heavy (non-hydrogen) atoms. The average molecular weight is 691 g/mol. The molecule has 5 heteroatoms. The highest BCUT2D eigenvalue weighted by Crippen LogP contribution is 2.45. The van der Waals surface area contributed by atoms with Gasteiger partial charge in [0.05, 0.1) is 0 Å². The zero-order chi connectivity index (χ0) is 35.7. The van der Waals surface area contributed by atoms with Gasteiger partial charge in [-0.3, -0.25) is 0 Å². The second-order valence-electron chi connectivity index (χ2n) is 12.1. The molecule has 0 aliphatic heterocycles. The molecule has 0 aliphatic rings. The van der Waals surface area contributed by atoms with Crippen LogP contribution >= 0.6 is 0 Å². The van der Waals surface area contributed by atoms with Crippen molar-refractivity contribution in [3.63, 3.8) is 0 Å². The van der Waals surface area contributed by atoms with Gasteiger partial charge in [0.1, 0.15) is 57.5 Å². The van der Waals surface area contributed by atoms with Crippen LogP contribution < -0.4 is 23.7 Å². The van der Waals surface area contributed by atoms with Crippen LogP contribution in [0.1, 0.15) is 0 Å². The van der Waals surface area contributed by atoms with Gasteiger partial charge >= 0.3 is 0 Å². The van der Waals surface area contributed by atoms with Gasteiger partial charge in [-0.2, -0.15) is 0 Å². The third kappa shape index (κ3) is 8.06. The Hall–Kier alpha value is -7.24. The number of para-hydroxylation sites is 6. The normalized spacial score (nSPS) is 10.6. The number of hydrogen-bond acceptors (Lipinski definition) is 5. The lowest BCUT2D eigenvalue weighted by molar-refractivity contribution is 0.463. The molecule has 0 atom stereocenters. The Morgan fingerprint density at radius 2 is 0.472 bits per heavy atom. The zero-order valence-electron chi connectivity index (χ0n) is 28.7. The first-order valence-electron chi connectivity index (χ1n) is 17.3. The van der Waals surface area contributed by atoms with E-state index in [0.717, 1.165) is 45.3 Å². The fraction of sp³-hybridized carbons (Fsp3) is 0. The zero-order valence-corrected chi connectivity index (χ0v) is 28.7. The Morgan fingerprint density at radius 1 is 0.189 bits per heavy atom. The average Bonchev–Trinajstić information content (AvgIpc) is 3.21. The van der Waals surface area contributed by atoms with Crippen molar-refractivity contribution in [3.8, 4) is 79.7 Å². The molecule has 0 saturated heterocycles. The van der Waals surface area contributed by atoms with E-state index in [9.17, 15) is 0 Å². The first kappa shape index (κ1) is 32.9. The van der Waals surface area contributed by atoms with Crippen LogP contribution in [0.3, 0.4) is 0 Å². The van der Waals surface area contributed by atoms with Gasteiger partial charge in [-0.05, 0) is 97.1 Å². The van der Waals surface area contributed by atoms with Crippen molar-refractivity contribution >= 4 is 0 Å². The first-order chi connectivity index (χ1) is 26.2. The molecule has 0 amide bonds. The molecule has 5 nitrogen and oxygen atoms in total. The minimum atomic E-state index is 0.617. The fourth-order valence-corrected chi connectivity index (χ4v) is 5.90. The van der Waals surface area contributed by atoms with Crippen molar-refractivity contribution in [3.05, 3.63) is 206 Å². The van der Waals surface area contributed by atoms with Gasteiger partial charge in [-0.25, -0.2) is 0 Å². The van der Waals surface area contributed by atoms with Crippen LogP contribution in [0.15, 0.2) is 206 Å². The van der Waals surface area contributed by atoms with E-state index in [1.165, 1.54) is 0 Å². The van der Waals surface area contributed by atoms with E-state index in [-0.39, 0.29) is 0 Å². The number of hydrogen-bond donors (Lipinski definition) is 0. The Kier molecular flexibility index (Phi) is 9.79. The lowest BCUT2D eigenvalue weighted by Crippen LogP contribution is -1.95. The van der Waals surface area contributed by atoms with E-state index >= 15 is 0 Å². The Labute approximate surface area is 308 Å². The smallest absolute Gasteiger partial charge is 0.135 e. The predicted molar refractivity (Wildman–Crippen MR) is 210 cm³/mol. The molecule has 8 rings (SSSR count). The Morgan fingerprint density at radius 3 is 0.811 bits per heavy atom. The second-order valence-corrected chi connectivity index (χ2v) is 12.1. The molecule has 0 unspecified atom stereocenters. The topological polar surface area (TPSA) is 46.2 Å². The SMILES string of the molecule is c1ccc(Oc2ccccc2-c2cc(Oc3ccc(Oc4ccccc4)c(-c4ccccc4Oc4ccccc4)c3)ccc2Oc2ccccc2)cc1. The van der Waals surface area contributed by atoms with Crippen molar-refractivity contribution in [2.75, 3.05) is 0 Å². The molecular weight excluding hydrogens is 657 g/mol. The van der Waals surface area contributed by atoms with Crippen molar-refractivity contribution in [1.29, 1.82) is 0 Å². The van der Waals surface area contributed by atoms with E-state index in [4.69, 9.17) is 23.7 Å². The van der Waals surface area contributed by atoms with Crippen LogP contribution in [0.2, 0.25) is 0 Å². The van der Waals surface area contributed by atoms with Crippen molar-refractivity contribution < 1.29 is 23.7 Å². The molecular formula is C48H34O5. The number of benzene rings is 8. The highest BCUT2D eigenvalue weighted by atomic mass is 16.5. The fourth-order valence-electron chi connectivity index (χ4n) is 5.90. The van der Waals surface area contributed by atoms with Gasteiger partial charge in [0.2, 0.25) is 0 Å². The molecule has 0 radical (unpaired) electrons. The van der Waals surface area contributed by atoms with E-state index in [1.54, 1.807) is 0 Å². The van der Waals surface area contributed by atoms with E-state index in [2.05, 4.69) is 0 Å². The molecule has 0 N–H and O–H groups in total. The summed E-state index contributed by atoms with van der Waals surface area (Å²) in [6, 6.07) is 66.4. The molecule has 0 spiro atoms. The highest BCUT2D eigenvalue weighted by molar-refractivity contribution is 5.79. The predicted octanol–water partition coefficient (Wildman–Crippen LogP) is 14.0. The maximum atomic E-state index is 6.64. The van der Waals surface area contributed by atoms with Crippen LogP contribution in [-0.2, 0) is 0 Å². The summed E-state index contributed by atoms with van der Waals surface area (Å²) in [5.41, 5.74) is 3.33. The van der Waals surface area contributed by atoms with Crippen LogP contribution in [0.4, 0.5) is 0 Å². The molecule has 0 fully saturated rings. The standard InChI is InChI=1S/C48H34O5/c1-5-17-35(18-6-1)50-45-27-15-13-25-41(45)43-33-39(29-31-47(43)52-37-21-9-3-10-22-37)49-40-30-32-48(53-38-23-11-4-12-24-38)44(34-40)42-26-14-16-28-46(42)51-36-19-7-2-8-20-36/h1-34H. The van der Waals surface area contributed by atoms with Gasteiger partial charge in [0.15, 0.2) is 0 Å². The van der Waals surface area contributed by atoms with Crippen LogP contribution in [0.5, 0.6) is 57.5 Å². The van der Waals surface area contributed by atoms with Gasteiger partial charge in [0, 0.05) is 22.3 Å². The van der Waals surface area contributed by atoms with Crippen molar-refractivity contribution in [2.45, 2.75) is 0 Å². The quantitative estimate of drug-likeness (QED) is 0.128. The Bertz CT molecular complexity index is 2240. The minimum Gasteiger partial charge on any atom is -0.457 e. The molecule has 8 aromatic rings. The number of rotatable bonds is 12. The summed E-state index contributed by atoms with van der Waals surface area (Å²) in [5.74, 6) is 6.84. The Balaban J connectivity index is 1.19. The molecule has 0 bridgehead atoms. The van der Waals surface area contributed by atoms with Gasteiger partial charge < -0.3 is 23.7 Å². The molecule has 0 aromatic heterocycles. The van der Waals surface area contributed by atoms with Gasteiger partial charge in [-0.15, -0.1) is 0 Å². The first-order valence-corrected chi connectivity index (χ1v) is 17.3. The second kappa shape index (κ2) is 15.8. The monoisotopic (exact) mass is 690 g/mol. The lowest BCUT2D eigenvalue weighted by atomic mass is 10.0. The third-order valence-corrected chi connectivity index (χ3v) is 8.38. The summed E-state index contributed by atoms with van der Waals surface area (Å²) in [4.78, 5) is 0. The largest absolute Gasteiger partial charge is 0.457 e. The maximum absolute atomic E-state index is 6.64. The van der Waals surface area contributed by atoms with E-state index < -0.39 is 0 Å². The van der Waals surface area contributed by atoms with Gasteiger partial charge in [0.25, 0.3) is 0 Å². The summed E-state index contributed by atoms with van der Waals surface area (Å²) in [7, 11) is 0.